The van der Waals surface area contributed by atoms with Gasteiger partial charge < -0.3 is 15.0 Å². The zero-order chi connectivity index (χ0) is 19.2. The molecule has 0 fully saturated rings. The minimum absolute atomic E-state index is 0.207. The van der Waals surface area contributed by atoms with Crippen molar-refractivity contribution in [1.29, 1.82) is 0 Å². The lowest BCUT2D eigenvalue weighted by molar-refractivity contribution is -0.121. The highest BCUT2D eigenvalue weighted by molar-refractivity contribution is 7.13. The first-order valence-electron chi connectivity index (χ1n) is 9.29. The van der Waals surface area contributed by atoms with Crippen LogP contribution in [0.1, 0.15) is 42.7 Å². The summed E-state index contributed by atoms with van der Waals surface area (Å²) in [6.07, 6.45) is 2.91. The fourth-order valence-corrected chi connectivity index (χ4v) is 3.70. The number of esters is 1. The lowest BCUT2D eigenvalue weighted by Gasteiger charge is -2.29. The summed E-state index contributed by atoms with van der Waals surface area (Å²) in [7, 11) is 0. The van der Waals surface area contributed by atoms with Gasteiger partial charge in [0.2, 0.25) is 0 Å². The fraction of sp³-hybridized carbons (Fsp3) is 0.450. The van der Waals surface area contributed by atoms with Crippen LogP contribution in [0.25, 0.3) is 0 Å². The normalized spacial score (nSPS) is 13.4. The minimum atomic E-state index is -0.568. The molecular formula is C20H25N3O3S. The van der Waals surface area contributed by atoms with E-state index >= 15 is 0 Å². The number of benzene rings is 1. The molecule has 1 aliphatic heterocycles. The number of hydrogen-bond acceptors (Lipinski definition) is 6. The molecule has 0 saturated carbocycles. The summed E-state index contributed by atoms with van der Waals surface area (Å²) in [5, 5.41) is 5.55. The zero-order valence-corrected chi connectivity index (χ0v) is 16.6. The summed E-state index contributed by atoms with van der Waals surface area (Å²) >= 11 is 1.36. The van der Waals surface area contributed by atoms with Crippen molar-refractivity contribution in [3.63, 3.8) is 0 Å². The molecule has 0 bridgehead atoms. The van der Waals surface area contributed by atoms with Crippen molar-refractivity contribution in [2.75, 3.05) is 29.9 Å². The third-order valence-corrected chi connectivity index (χ3v) is 5.25. The molecular weight excluding hydrogens is 362 g/mol. The van der Waals surface area contributed by atoms with Crippen LogP contribution in [0.3, 0.4) is 0 Å². The molecule has 0 unspecified atom stereocenters. The van der Waals surface area contributed by atoms with Crippen molar-refractivity contribution in [2.24, 2.45) is 5.92 Å². The number of fused-ring (bicyclic) bond motifs is 1. The van der Waals surface area contributed by atoms with Crippen LogP contribution >= 0.6 is 11.3 Å². The van der Waals surface area contributed by atoms with Gasteiger partial charge in [0.05, 0.1) is 0 Å². The highest BCUT2D eigenvalue weighted by Crippen LogP contribution is 2.26. The Hall–Kier alpha value is -2.41. The number of anilines is 2. The van der Waals surface area contributed by atoms with E-state index in [1.807, 2.05) is 24.3 Å². The number of para-hydroxylation sites is 1. The molecule has 0 atom stereocenters. The molecule has 27 heavy (non-hydrogen) atoms. The average Bonchev–Trinajstić information content (AvgIpc) is 3.14. The lowest BCUT2D eigenvalue weighted by atomic mass is 10.0. The average molecular weight is 388 g/mol. The van der Waals surface area contributed by atoms with E-state index in [0.717, 1.165) is 37.1 Å². The second-order valence-electron chi connectivity index (χ2n) is 7.00. The van der Waals surface area contributed by atoms with Gasteiger partial charge in [0.1, 0.15) is 0 Å². The summed E-state index contributed by atoms with van der Waals surface area (Å²) in [6.45, 7) is 5.50. The number of ether oxygens (including phenoxy) is 1. The number of hydrogen-bond donors (Lipinski definition) is 1. The van der Waals surface area contributed by atoms with E-state index < -0.39 is 5.97 Å². The highest BCUT2D eigenvalue weighted by atomic mass is 32.1. The summed E-state index contributed by atoms with van der Waals surface area (Å²) < 4.78 is 5.20. The summed E-state index contributed by atoms with van der Waals surface area (Å²) in [4.78, 5) is 30.7. The molecule has 1 aliphatic rings. The Balaban J connectivity index is 1.52. The van der Waals surface area contributed by atoms with Gasteiger partial charge in [-0.2, -0.15) is 0 Å². The molecule has 2 heterocycles. The molecule has 1 amide bonds. The summed E-state index contributed by atoms with van der Waals surface area (Å²) in [5.74, 6) is -0.171. The zero-order valence-electron chi connectivity index (χ0n) is 15.7. The van der Waals surface area contributed by atoms with Crippen LogP contribution in [-0.2, 0) is 16.0 Å². The number of aromatic nitrogens is 1. The molecule has 6 nitrogen and oxygen atoms in total. The third-order valence-electron chi connectivity index (χ3n) is 4.45. The highest BCUT2D eigenvalue weighted by Gasteiger charge is 2.23. The Bertz CT molecular complexity index is 803. The number of carbonyl (C=O) groups is 2. The van der Waals surface area contributed by atoms with Crippen LogP contribution < -0.4 is 10.2 Å². The molecule has 3 rings (SSSR count). The van der Waals surface area contributed by atoms with Crippen LogP contribution in [0, 0.1) is 5.92 Å². The Kier molecular flexibility index (Phi) is 6.45. The van der Waals surface area contributed by atoms with Gasteiger partial charge >= 0.3 is 5.97 Å². The van der Waals surface area contributed by atoms with Gasteiger partial charge in [0.25, 0.3) is 5.91 Å². The maximum atomic E-state index is 12.5. The van der Waals surface area contributed by atoms with Gasteiger partial charge in [0.15, 0.2) is 17.4 Å². The number of thiazole rings is 1. The first kappa shape index (κ1) is 19.4. The van der Waals surface area contributed by atoms with E-state index in [1.54, 1.807) is 10.3 Å². The largest absolute Gasteiger partial charge is 0.451 e. The molecule has 0 aliphatic carbocycles. The van der Waals surface area contributed by atoms with Gasteiger partial charge in [-0.15, -0.1) is 11.3 Å². The maximum Gasteiger partial charge on any atom is 0.358 e. The lowest BCUT2D eigenvalue weighted by Crippen LogP contribution is -2.38. The predicted octanol–water partition coefficient (Wildman–Crippen LogP) is 3.74. The second-order valence-corrected chi connectivity index (χ2v) is 7.86. The van der Waals surface area contributed by atoms with Crippen molar-refractivity contribution in [2.45, 2.75) is 33.1 Å². The minimum Gasteiger partial charge on any atom is -0.451 e. The van der Waals surface area contributed by atoms with E-state index in [0.29, 0.717) is 17.6 Å². The first-order chi connectivity index (χ1) is 13.0. The quantitative estimate of drug-likeness (QED) is 0.733. The monoisotopic (exact) mass is 387 g/mol. The second kappa shape index (κ2) is 8.99. The topological polar surface area (TPSA) is 71.5 Å². The van der Waals surface area contributed by atoms with Crippen LogP contribution in [0.2, 0.25) is 0 Å². The Labute approximate surface area is 163 Å². The molecule has 0 radical (unpaired) electrons. The van der Waals surface area contributed by atoms with E-state index in [4.69, 9.17) is 4.74 Å². The maximum absolute atomic E-state index is 12.5. The van der Waals surface area contributed by atoms with Gasteiger partial charge in [0, 0.05) is 24.2 Å². The Morgan fingerprint density at radius 1 is 1.33 bits per heavy atom. The van der Waals surface area contributed by atoms with Crippen LogP contribution in [-0.4, -0.2) is 36.6 Å². The van der Waals surface area contributed by atoms with Gasteiger partial charge in [-0.05, 0) is 36.8 Å². The molecule has 1 aromatic carbocycles. The molecule has 0 saturated heterocycles. The molecule has 1 N–H and O–H groups in total. The van der Waals surface area contributed by atoms with Crippen LogP contribution in [0.15, 0.2) is 29.6 Å². The number of nitrogens with one attached hydrogen (secondary N) is 1. The molecule has 7 heteroatoms. The van der Waals surface area contributed by atoms with Crippen molar-refractivity contribution in [1.82, 2.24) is 4.98 Å². The van der Waals surface area contributed by atoms with E-state index in [2.05, 4.69) is 24.1 Å². The Morgan fingerprint density at radius 3 is 2.96 bits per heavy atom. The van der Waals surface area contributed by atoms with E-state index in [-0.39, 0.29) is 18.2 Å². The number of rotatable bonds is 7. The van der Waals surface area contributed by atoms with Crippen molar-refractivity contribution < 1.29 is 14.3 Å². The number of amides is 1. The molecule has 2 aromatic rings. The molecule has 0 spiro atoms. The molecule has 144 valence electrons. The number of nitrogens with zero attached hydrogens (tertiary/aromatic N) is 2. The van der Waals surface area contributed by atoms with Gasteiger partial charge in [-0.3, -0.25) is 4.79 Å². The summed E-state index contributed by atoms with van der Waals surface area (Å²) in [6, 6.07) is 7.86. The predicted molar refractivity (Wildman–Crippen MR) is 107 cm³/mol. The van der Waals surface area contributed by atoms with E-state index in [9.17, 15) is 9.59 Å². The van der Waals surface area contributed by atoms with Crippen molar-refractivity contribution in [3.8, 4) is 0 Å². The van der Waals surface area contributed by atoms with Gasteiger partial charge in [-0.25, -0.2) is 9.78 Å². The smallest absolute Gasteiger partial charge is 0.358 e. The molecule has 1 aromatic heterocycles. The number of aryl methyl sites for hydroxylation is 1. The first-order valence-corrected chi connectivity index (χ1v) is 10.2. The standard InChI is InChI=1S/C20H25N3O3S/c1-14(2)9-10-21-20-22-16(13-27-20)19(25)26-12-18(24)23-11-5-7-15-6-3-4-8-17(15)23/h3-4,6,8,13-14H,5,7,9-12H2,1-2H3,(H,21,22). The van der Waals surface area contributed by atoms with Crippen LogP contribution in [0.5, 0.6) is 0 Å². The Morgan fingerprint density at radius 2 is 2.15 bits per heavy atom. The third kappa shape index (κ3) is 5.07. The van der Waals surface area contributed by atoms with E-state index in [1.165, 1.54) is 11.3 Å². The number of carbonyl (C=O) groups excluding carboxylic acids is 2. The fourth-order valence-electron chi connectivity index (χ4n) is 2.99. The van der Waals surface area contributed by atoms with Crippen molar-refractivity contribution in [3.05, 3.63) is 40.9 Å². The van der Waals surface area contributed by atoms with Crippen LogP contribution in [0.4, 0.5) is 10.8 Å². The summed E-state index contributed by atoms with van der Waals surface area (Å²) in [5.41, 5.74) is 2.30. The van der Waals surface area contributed by atoms with Crippen molar-refractivity contribution >= 4 is 34.0 Å². The SMILES string of the molecule is CC(C)CCNc1nc(C(=O)OCC(=O)N2CCCc3ccccc32)cs1. The van der Waals surface area contributed by atoms with Gasteiger partial charge in [-0.1, -0.05) is 32.0 Å².